The van der Waals surface area contributed by atoms with Crippen molar-refractivity contribution in [3.63, 3.8) is 0 Å². The number of amides is 1. The van der Waals surface area contributed by atoms with Gasteiger partial charge in [-0.1, -0.05) is 36.0 Å². The minimum atomic E-state index is -0.472. The number of aromatic nitrogens is 1. The molecule has 2 aromatic carbocycles. The quantitative estimate of drug-likeness (QED) is 0.204. The number of nitrogens with one attached hydrogen (secondary N) is 1. The van der Waals surface area contributed by atoms with Gasteiger partial charge < -0.3 is 8.83 Å². The molecule has 0 aliphatic carbocycles. The van der Waals surface area contributed by atoms with E-state index < -0.39 is 4.92 Å². The number of furan rings is 1. The van der Waals surface area contributed by atoms with Crippen LogP contribution in [0.1, 0.15) is 5.76 Å². The number of carbonyl (C=O) groups is 1. The zero-order valence-electron chi connectivity index (χ0n) is 15.3. The third-order valence-corrected chi connectivity index (χ3v) is 4.80. The number of rotatable bonds is 7. The predicted molar refractivity (Wildman–Crippen MR) is 111 cm³/mol. The third-order valence-electron chi connectivity index (χ3n) is 3.98. The average molecular weight is 422 g/mol. The van der Waals surface area contributed by atoms with Crippen molar-refractivity contribution in [2.24, 2.45) is 5.10 Å². The fraction of sp³-hybridized carbons (Fsp3) is 0.0500. The van der Waals surface area contributed by atoms with Gasteiger partial charge in [-0.05, 0) is 30.3 Å². The number of hydrogen-bond donors (Lipinski definition) is 1. The van der Waals surface area contributed by atoms with Crippen LogP contribution in [0.4, 0.5) is 5.69 Å². The first-order chi connectivity index (χ1) is 14.6. The molecule has 0 bridgehead atoms. The van der Waals surface area contributed by atoms with E-state index in [0.29, 0.717) is 27.9 Å². The van der Waals surface area contributed by atoms with Crippen molar-refractivity contribution in [1.29, 1.82) is 0 Å². The summed E-state index contributed by atoms with van der Waals surface area (Å²) >= 11 is 1.16. The van der Waals surface area contributed by atoms with Gasteiger partial charge in [0.15, 0.2) is 5.58 Å². The number of nitrogens with zero attached hydrogens (tertiary/aromatic N) is 3. The van der Waals surface area contributed by atoms with Gasteiger partial charge in [0, 0.05) is 6.07 Å². The lowest BCUT2D eigenvalue weighted by molar-refractivity contribution is -0.384. The number of oxazole rings is 1. The largest absolute Gasteiger partial charge is 0.455 e. The zero-order valence-corrected chi connectivity index (χ0v) is 16.2. The Kier molecular flexibility index (Phi) is 5.57. The van der Waals surface area contributed by atoms with E-state index in [1.807, 2.05) is 18.2 Å². The summed E-state index contributed by atoms with van der Waals surface area (Å²) in [4.78, 5) is 26.9. The summed E-state index contributed by atoms with van der Waals surface area (Å²) < 4.78 is 11.1. The second-order valence-corrected chi connectivity index (χ2v) is 6.93. The Bertz CT molecular complexity index is 1210. The Hall–Kier alpha value is -3.92. The van der Waals surface area contributed by atoms with Crippen LogP contribution >= 0.6 is 11.8 Å². The lowest BCUT2D eigenvalue weighted by Gasteiger charge is -1.98. The number of nitro benzene ring substituents is 1. The van der Waals surface area contributed by atoms with Crippen LogP contribution in [0.3, 0.4) is 0 Å². The molecule has 9 nitrogen and oxygen atoms in total. The number of fused-ring (bicyclic) bond motifs is 1. The summed E-state index contributed by atoms with van der Waals surface area (Å²) in [5, 5.41) is 15.4. The molecular formula is C20H14N4O5S. The highest BCUT2D eigenvalue weighted by Gasteiger charge is 2.16. The topological polar surface area (TPSA) is 124 Å². The van der Waals surface area contributed by atoms with Crippen LogP contribution in [0, 0.1) is 10.1 Å². The molecular weight excluding hydrogens is 408 g/mol. The van der Waals surface area contributed by atoms with Crippen LogP contribution in [-0.2, 0) is 4.79 Å². The second-order valence-electron chi connectivity index (χ2n) is 6.01. The number of benzene rings is 2. The van der Waals surface area contributed by atoms with E-state index in [1.54, 1.807) is 36.4 Å². The SMILES string of the molecule is O=C(CSc1nc2ccccc2o1)N/N=C\c1ccc(-c2ccccc2[N+](=O)[O-])o1. The lowest BCUT2D eigenvalue weighted by Crippen LogP contribution is -2.19. The highest BCUT2D eigenvalue weighted by Crippen LogP contribution is 2.30. The molecule has 0 aliphatic rings. The molecule has 2 aromatic heterocycles. The van der Waals surface area contributed by atoms with Crippen LogP contribution in [-0.4, -0.2) is 27.8 Å². The minimum absolute atomic E-state index is 0.0557. The number of para-hydroxylation sites is 3. The highest BCUT2D eigenvalue weighted by atomic mass is 32.2. The van der Waals surface area contributed by atoms with Gasteiger partial charge in [0.2, 0.25) is 0 Å². The molecule has 0 atom stereocenters. The monoisotopic (exact) mass is 422 g/mol. The Morgan fingerprint density at radius 3 is 2.77 bits per heavy atom. The van der Waals surface area contributed by atoms with Crippen LogP contribution in [0.5, 0.6) is 0 Å². The van der Waals surface area contributed by atoms with E-state index in [4.69, 9.17) is 8.83 Å². The average Bonchev–Trinajstić information content (AvgIpc) is 3.39. The van der Waals surface area contributed by atoms with Crippen molar-refractivity contribution >= 4 is 40.7 Å². The maximum Gasteiger partial charge on any atom is 0.280 e. The summed E-state index contributed by atoms with van der Waals surface area (Å²) in [5.41, 5.74) is 4.08. The zero-order chi connectivity index (χ0) is 20.9. The molecule has 0 saturated carbocycles. The van der Waals surface area contributed by atoms with E-state index in [-0.39, 0.29) is 17.3 Å². The molecule has 0 radical (unpaired) electrons. The van der Waals surface area contributed by atoms with Gasteiger partial charge in [-0.2, -0.15) is 5.10 Å². The van der Waals surface area contributed by atoms with E-state index in [9.17, 15) is 14.9 Å². The van der Waals surface area contributed by atoms with Crippen LogP contribution in [0.15, 0.2) is 79.8 Å². The van der Waals surface area contributed by atoms with Crippen molar-refractivity contribution in [2.45, 2.75) is 5.22 Å². The molecule has 1 amide bonds. The second kappa shape index (κ2) is 8.62. The van der Waals surface area contributed by atoms with E-state index >= 15 is 0 Å². The van der Waals surface area contributed by atoms with Crippen molar-refractivity contribution in [3.8, 4) is 11.3 Å². The lowest BCUT2D eigenvalue weighted by atomic mass is 10.1. The highest BCUT2D eigenvalue weighted by molar-refractivity contribution is 7.99. The normalized spacial score (nSPS) is 11.2. The molecule has 0 aliphatic heterocycles. The maximum atomic E-state index is 11.9. The molecule has 30 heavy (non-hydrogen) atoms. The van der Waals surface area contributed by atoms with Crippen LogP contribution < -0.4 is 5.43 Å². The van der Waals surface area contributed by atoms with Gasteiger partial charge >= 0.3 is 0 Å². The molecule has 2 heterocycles. The van der Waals surface area contributed by atoms with Gasteiger partial charge in [-0.3, -0.25) is 14.9 Å². The molecule has 10 heteroatoms. The van der Waals surface area contributed by atoms with E-state index in [1.165, 1.54) is 12.3 Å². The first-order valence-electron chi connectivity index (χ1n) is 8.74. The van der Waals surface area contributed by atoms with Gasteiger partial charge in [-0.15, -0.1) is 0 Å². The van der Waals surface area contributed by atoms with E-state index in [2.05, 4.69) is 15.5 Å². The summed E-state index contributed by atoms with van der Waals surface area (Å²) in [6, 6.07) is 16.8. The first-order valence-corrected chi connectivity index (χ1v) is 9.72. The van der Waals surface area contributed by atoms with Gasteiger partial charge in [-0.25, -0.2) is 10.4 Å². The first kappa shape index (κ1) is 19.4. The number of nitro groups is 1. The maximum absolute atomic E-state index is 11.9. The fourth-order valence-corrected chi connectivity index (χ4v) is 3.28. The van der Waals surface area contributed by atoms with Crippen molar-refractivity contribution in [3.05, 3.63) is 76.5 Å². The smallest absolute Gasteiger partial charge is 0.280 e. The molecule has 4 rings (SSSR count). The Morgan fingerprint density at radius 2 is 1.93 bits per heavy atom. The fourth-order valence-electron chi connectivity index (χ4n) is 2.65. The summed E-state index contributed by atoms with van der Waals surface area (Å²) in [6.45, 7) is 0. The van der Waals surface area contributed by atoms with Gasteiger partial charge in [0.05, 0.1) is 22.5 Å². The standard InChI is InChI=1S/C20H14N4O5S/c25-19(12-30-20-22-15-6-2-4-8-18(15)29-20)23-21-11-13-9-10-17(28-13)14-5-1-3-7-16(14)24(26)27/h1-11H,12H2,(H,23,25)/b21-11-. The van der Waals surface area contributed by atoms with E-state index in [0.717, 1.165) is 17.3 Å². The molecule has 0 unspecified atom stereocenters. The Balaban J connectivity index is 1.33. The number of hydrazone groups is 1. The number of carbonyl (C=O) groups excluding carboxylic acids is 1. The molecule has 150 valence electrons. The van der Waals surface area contributed by atoms with Crippen molar-refractivity contribution < 1.29 is 18.6 Å². The summed E-state index contributed by atoms with van der Waals surface area (Å²) in [5.74, 6) is 0.407. The summed E-state index contributed by atoms with van der Waals surface area (Å²) in [6.07, 6.45) is 1.32. The number of thioether (sulfide) groups is 1. The molecule has 0 saturated heterocycles. The van der Waals surface area contributed by atoms with Crippen LogP contribution in [0.2, 0.25) is 0 Å². The predicted octanol–water partition coefficient (Wildman–Crippen LogP) is 4.24. The van der Waals surface area contributed by atoms with Gasteiger partial charge in [0.1, 0.15) is 17.0 Å². The van der Waals surface area contributed by atoms with Gasteiger partial charge in [0.25, 0.3) is 16.8 Å². The molecule has 0 spiro atoms. The van der Waals surface area contributed by atoms with Crippen LogP contribution in [0.25, 0.3) is 22.4 Å². The summed E-state index contributed by atoms with van der Waals surface area (Å²) in [7, 11) is 0. The molecule has 4 aromatic rings. The minimum Gasteiger partial charge on any atom is -0.455 e. The third kappa shape index (κ3) is 4.39. The number of hydrogen-bond acceptors (Lipinski definition) is 8. The Morgan fingerprint density at radius 1 is 1.13 bits per heavy atom. The molecule has 1 N–H and O–H groups in total. The van der Waals surface area contributed by atoms with Crippen molar-refractivity contribution in [2.75, 3.05) is 5.75 Å². The Labute approximate surface area is 173 Å². The van der Waals surface area contributed by atoms with Crippen molar-refractivity contribution in [1.82, 2.24) is 10.4 Å². The molecule has 0 fully saturated rings.